The summed E-state index contributed by atoms with van der Waals surface area (Å²) in [6, 6.07) is 3.74. The molecule has 1 aliphatic rings. The van der Waals surface area contributed by atoms with Gasteiger partial charge in [0.05, 0.1) is 18.1 Å². The average molecular weight is 357 g/mol. The van der Waals surface area contributed by atoms with Crippen LogP contribution in [-0.4, -0.2) is 63.9 Å². The molecule has 0 atom stereocenters. The lowest BCUT2D eigenvalue weighted by Gasteiger charge is -2.27. The third kappa shape index (κ3) is 4.35. The number of amides is 2. The van der Waals surface area contributed by atoms with Crippen molar-refractivity contribution in [3.05, 3.63) is 30.2 Å². The third-order valence-corrected chi connectivity index (χ3v) is 4.25. The molecule has 1 N–H and O–H groups in total. The van der Waals surface area contributed by atoms with E-state index in [0.29, 0.717) is 5.69 Å². The predicted octanol–water partition coefficient (Wildman–Crippen LogP) is 1.00. The summed E-state index contributed by atoms with van der Waals surface area (Å²) in [6.45, 7) is 2.08. The summed E-state index contributed by atoms with van der Waals surface area (Å²) in [4.78, 5) is 32.1. The number of aromatic nitrogens is 4. The topological polar surface area (TPSA) is 96.2 Å². The number of carbonyl (C=O) groups is 2. The minimum Gasteiger partial charge on any atom is -0.357 e. The van der Waals surface area contributed by atoms with E-state index >= 15 is 0 Å². The molecule has 1 aliphatic heterocycles. The molecule has 138 valence electrons. The van der Waals surface area contributed by atoms with Crippen LogP contribution in [0, 0.1) is 0 Å². The number of carbonyl (C=O) groups excluding carboxylic acids is 2. The molecular formula is C17H23N7O2. The number of pyridine rings is 1. The van der Waals surface area contributed by atoms with Crippen molar-refractivity contribution < 1.29 is 9.59 Å². The fourth-order valence-corrected chi connectivity index (χ4v) is 2.72. The largest absolute Gasteiger partial charge is 0.357 e. The molecule has 2 aromatic heterocycles. The molecule has 0 aromatic carbocycles. The van der Waals surface area contributed by atoms with Crippen LogP contribution in [0.5, 0.6) is 0 Å². The maximum absolute atomic E-state index is 12.3. The highest BCUT2D eigenvalue weighted by molar-refractivity contribution is 6.02. The number of hydrogen-bond acceptors (Lipinski definition) is 6. The molecule has 2 amide bonds. The fourth-order valence-electron chi connectivity index (χ4n) is 2.72. The normalized spacial score (nSPS) is 14.2. The first-order valence-corrected chi connectivity index (χ1v) is 8.65. The Balaban J connectivity index is 1.59. The molecule has 9 nitrogen and oxygen atoms in total. The SMILES string of the molecule is CN(C)C(=O)Cn1cc(C(=O)Nc2ccc(N3CCCCC3)nc2)nn1. The van der Waals surface area contributed by atoms with Crippen molar-refractivity contribution in [2.24, 2.45) is 0 Å². The van der Waals surface area contributed by atoms with Gasteiger partial charge in [-0.3, -0.25) is 9.59 Å². The number of nitrogens with zero attached hydrogens (tertiary/aromatic N) is 6. The van der Waals surface area contributed by atoms with Crippen LogP contribution in [0.4, 0.5) is 11.5 Å². The first-order chi connectivity index (χ1) is 12.5. The van der Waals surface area contributed by atoms with E-state index in [1.54, 1.807) is 20.3 Å². The summed E-state index contributed by atoms with van der Waals surface area (Å²) in [5, 5.41) is 10.4. The summed E-state index contributed by atoms with van der Waals surface area (Å²) in [5.74, 6) is 0.413. The summed E-state index contributed by atoms with van der Waals surface area (Å²) in [6.07, 6.45) is 6.73. The summed E-state index contributed by atoms with van der Waals surface area (Å²) >= 11 is 0. The second-order valence-corrected chi connectivity index (χ2v) is 6.50. The van der Waals surface area contributed by atoms with Gasteiger partial charge in [-0.25, -0.2) is 9.67 Å². The van der Waals surface area contributed by atoms with Crippen molar-refractivity contribution in [1.82, 2.24) is 24.9 Å². The van der Waals surface area contributed by atoms with Gasteiger partial charge in [-0.15, -0.1) is 5.10 Å². The highest BCUT2D eigenvalue weighted by Crippen LogP contribution is 2.19. The molecule has 0 aliphatic carbocycles. The number of hydrogen-bond donors (Lipinski definition) is 1. The van der Waals surface area contributed by atoms with Gasteiger partial charge in [-0.1, -0.05) is 5.21 Å². The molecule has 0 radical (unpaired) electrons. The van der Waals surface area contributed by atoms with E-state index in [2.05, 4.69) is 25.5 Å². The van der Waals surface area contributed by atoms with Gasteiger partial charge in [0.25, 0.3) is 5.91 Å². The van der Waals surface area contributed by atoms with Crippen LogP contribution in [0.15, 0.2) is 24.5 Å². The van der Waals surface area contributed by atoms with Gasteiger partial charge >= 0.3 is 0 Å². The van der Waals surface area contributed by atoms with E-state index in [-0.39, 0.29) is 24.1 Å². The van der Waals surface area contributed by atoms with E-state index < -0.39 is 0 Å². The highest BCUT2D eigenvalue weighted by Gasteiger charge is 2.15. The Morgan fingerprint density at radius 2 is 1.96 bits per heavy atom. The quantitative estimate of drug-likeness (QED) is 0.858. The molecule has 9 heteroatoms. The van der Waals surface area contributed by atoms with Gasteiger partial charge in [0.1, 0.15) is 12.4 Å². The number of anilines is 2. The second kappa shape index (κ2) is 7.94. The van der Waals surface area contributed by atoms with Crippen LogP contribution < -0.4 is 10.2 Å². The van der Waals surface area contributed by atoms with Crippen LogP contribution in [-0.2, 0) is 11.3 Å². The minimum absolute atomic E-state index is 0.0410. The fraction of sp³-hybridized carbons (Fsp3) is 0.471. The zero-order valence-electron chi connectivity index (χ0n) is 15.1. The van der Waals surface area contributed by atoms with Gasteiger partial charge in [0.2, 0.25) is 5.91 Å². The molecule has 0 bridgehead atoms. The van der Waals surface area contributed by atoms with Gasteiger partial charge in [-0.2, -0.15) is 0 Å². The highest BCUT2D eigenvalue weighted by atomic mass is 16.2. The Bertz CT molecular complexity index is 764. The molecule has 3 rings (SSSR count). The van der Waals surface area contributed by atoms with E-state index in [0.717, 1.165) is 18.9 Å². The smallest absolute Gasteiger partial charge is 0.277 e. The number of rotatable bonds is 5. The van der Waals surface area contributed by atoms with Crippen molar-refractivity contribution in [3.8, 4) is 0 Å². The molecular weight excluding hydrogens is 334 g/mol. The van der Waals surface area contributed by atoms with E-state index in [4.69, 9.17) is 0 Å². The maximum Gasteiger partial charge on any atom is 0.277 e. The summed E-state index contributed by atoms with van der Waals surface area (Å²) < 4.78 is 1.34. The molecule has 1 saturated heterocycles. The Hall–Kier alpha value is -2.97. The van der Waals surface area contributed by atoms with Crippen LogP contribution >= 0.6 is 0 Å². The van der Waals surface area contributed by atoms with E-state index in [1.165, 1.54) is 35.0 Å². The Labute approximate surface area is 152 Å². The van der Waals surface area contributed by atoms with Crippen molar-refractivity contribution in [3.63, 3.8) is 0 Å². The van der Waals surface area contributed by atoms with Crippen molar-refractivity contribution in [1.29, 1.82) is 0 Å². The number of piperidine rings is 1. The molecule has 0 unspecified atom stereocenters. The minimum atomic E-state index is -0.388. The van der Waals surface area contributed by atoms with E-state index in [1.807, 2.05) is 12.1 Å². The predicted molar refractivity (Wildman–Crippen MR) is 97.0 cm³/mol. The Morgan fingerprint density at radius 3 is 2.62 bits per heavy atom. The second-order valence-electron chi connectivity index (χ2n) is 6.50. The average Bonchev–Trinajstić information content (AvgIpc) is 3.11. The van der Waals surface area contributed by atoms with Gasteiger partial charge < -0.3 is 15.1 Å². The molecule has 0 saturated carbocycles. The Kier molecular flexibility index (Phi) is 5.45. The molecule has 1 fully saturated rings. The zero-order valence-corrected chi connectivity index (χ0v) is 15.1. The van der Waals surface area contributed by atoms with Crippen LogP contribution in [0.3, 0.4) is 0 Å². The number of nitrogens with one attached hydrogen (secondary N) is 1. The molecule has 26 heavy (non-hydrogen) atoms. The zero-order chi connectivity index (χ0) is 18.5. The first kappa shape index (κ1) is 17.8. The van der Waals surface area contributed by atoms with Crippen LogP contribution in [0.1, 0.15) is 29.8 Å². The molecule has 2 aromatic rings. The third-order valence-electron chi connectivity index (χ3n) is 4.25. The lowest BCUT2D eigenvalue weighted by atomic mass is 10.1. The monoisotopic (exact) mass is 357 g/mol. The maximum atomic E-state index is 12.3. The lowest BCUT2D eigenvalue weighted by Crippen LogP contribution is -2.30. The van der Waals surface area contributed by atoms with Crippen LogP contribution in [0.2, 0.25) is 0 Å². The van der Waals surface area contributed by atoms with E-state index in [9.17, 15) is 9.59 Å². The molecule has 0 spiro atoms. The van der Waals surface area contributed by atoms with Crippen LogP contribution in [0.25, 0.3) is 0 Å². The van der Waals surface area contributed by atoms with Gasteiger partial charge in [0.15, 0.2) is 5.69 Å². The van der Waals surface area contributed by atoms with Gasteiger partial charge in [0, 0.05) is 27.2 Å². The van der Waals surface area contributed by atoms with Crippen molar-refractivity contribution >= 4 is 23.3 Å². The summed E-state index contributed by atoms with van der Waals surface area (Å²) in [7, 11) is 3.32. The Morgan fingerprint density at radius 1 is 1.19 bits per heavy atom. The van der Waals surface area contributed by atoms with Crippen molar-refractivity contribution in [2.45, 2.75) is 25.8 Å². The molecule has 3 heterocycles. The first-order valence-electron chi connectivity index (χ1n) is 8.65. The van der Waals surface area contributed by atoms with Crippen molar-refractivity contribution in [2.75, 3.05) is 37.4 Å². The van der Waals surface area contributed by atoms with Gasteiger partial charge in [-0.05, 0) is 31.4 Å². The number of likely N-dealkylation sites (N-methyl/N-ethyl adjacent to an activating group) is 1. The lowest BCUT2D eigenvalue weighted by molar-refractivity contribution is -0.129. The standard InChI is InChI=1S/C17H23N7O2/c1-22(2)16(25)12-24-11-14(20-21-24)17(26)19-13-6-7-15(18-10-13)23-8-4-3-5-9-23/h6-7,10-11H,3-5,8-9,12H2,1-2H3,(H,19,26). The summed E-state index contributed by atoms with van der Waals surface area (Å²) in [5.41, 5.74) is 0.742.